The van der Waals surface area contributed by atoms with E-state index in [9.17, 15) is 4.79 Å². The van der Waals surface area contributed by atoms with Crippen molar-refractivity contribution in [3.8, 4) is 11.6 Å². The van der Waals surface area contributed by atoms with Crippen molar-refractivity contribution in [3.05, 3.63) is 77.6 Å². The Bertz CT molecular complexity index is 1090. The number of carbonyl (C=O) groups excluding carboxylic acids is 1. The van der Waals surface area contributed by atoms with Crippen molar-refractivity contribution in [1.29, 1.82) is 0 Å². The summed E-state index contributed by atoms with van der Waals surface area (Å²) in [4.78, 5) is 26.1. The molecule has 0 unspecified atom stereocenters. The normalized spacial score (nSPS) is 16.5. The topological polar surface area (TPSA) is 58.6 Å². The standard InChI is InChI=1S/C26H28N4O2/c1-19-6-8-23(9-7-19)32-25-16-24(27-18-28-25)29-13-11-21(12-14-29)26(31)30-15-10-20-4-2-3-5-22(20)17-30/h2-9,16,18,21H,10-15,17H2,1H3. The number of rotatable bonds is 4. The number of piperidine rings is 1. The molecule has 1 amide bonds. The van der Waals surface area contributed by atoms with E-state index in [1.807, 2.05) is 42.2 Å². The second-order valence-corrected chi connectivity index (χ2v) is 8.67. The minimum atomic E-state index is 0.0848. The summed E-state index contributed by atoms with van der Waals surface area (Å²) in [6, 6.07) is 18.2. The highest BCUT2D eigenvalue weighted by Crippen LogP contribution is 2.28. The monoisotopic (exact) mass is 428 g/mol. The van der Waals surface area contributed by atoms with E-state index in [2.05, 4.69) is 39.1 Å². The fraction of sp³-hybridized carbons (Fsp3) is 0.346. The van der Waals surface area contributed by atoms with Crippen molar-refractivity contribution in [2.45, 2.75) is 32.7 Å². The fourth-order valence-electron chi connectivity index (χ4n) is 4.58. The zero-order valence-corrected chi connectivity index (χ0v) is 18.4. The lowest BCUT2D eigenvalue weighted by Crippen LogP contribution is -2.44. The second-order valence-electron chi connectivity index (χ2n) is 8.67. The van der Waals surface area contributed by atoms with Gasteiger partial charge in [-0.3, -0.25) is 4.79 Å². The van der Waals surface area contributed by atoms with Crippen LogP contribution >= 0.6 is 0 Å². The van der Waals surface area contributed by atoms with E-state index < -0.39 is 0 Å². The predicted molar refractivity (Wildman–Crippen MR) is 124 cm³/mol. The predicted octanol–water partition coefficient (Wildman–Crippen LogP) is 4.38. The highest BCUT2D eigenvalue weighted by molar-refractivity contribution is 5.79. The zero-order valence-electron chi connectivity index (χ0n) is 18.4. The molecule has 5 rings (SSSR count). The highest BCUT2D eigenvalue weighted by atomic mass is 16.5. The SMILES string of the molecule is Cc1ccc(Oc2cc(N3CCC(C(=O)N4CCc5ccccc5C4)CC3)ncn2)cc1. The molecule has 3 heterocycles. The van der Waals surface area contributed by atoms with Crippen molar-refractivity contribution in [3.63, 3.8) is 0 Å². The van der Waals surface area contributed by atoms with Crippen LogP contribution in [0.15, 0.2) is 60.9 Å². The third-order valence-corrected chi connectivity index (χ3v) is 6.48. The summed E-state index contributed by atoms with van der Waals surface area (Å²) in [5, 5.41) is 0. The van der Waals surface area contributed by atoms with Gasteiger partial charge in [0, 0.05) is 38.2 Å². The first-order valence-corrected chi connectivity index (χ1v) is 11.3. The quantitative estimate of drug-likeness (QED) is 0.617. The maximum Gasteiger partial charge on any atom is 0.226 e. The fourth-order valence-corrected chi connectivity index (χ4v) is 4.58. The highest BCUT2D eigenvalue weighted by Gasteiger charge is 2.30. The molecular formula is C26H28N4O2. The molecule has 2 aliphatic heterocycles. The zero-order chi connectivity index (χ0) is 21.9. The lowest BCUT2D eigenvalue weighted by Gasteiger charge is -2.36. The Morgan fingerprint density at radius 1 is 0.969 bits per heavy atom. The molecule has 2 aliphatic rings. The largest absolute Gasteiger partial charge is 0.439 e. The number of anilines is 1. The van der Waals surface area contributed by atoms with Gasteiger partial charge in [0.2, 0.25) is 11.8 Å². The van der Waals surface area contributed by atoms with Crippen molar-refractivity contribution < 1.29 is 9.53 Å². The van der Waals surface area contributed by atoms with Crippen LogP contribution in [0.25, 0.3) is 0 Å². The van der Waals surface area contributed by atoms with Gasteiger partial charge >= 0.3 is 0 Å². The van der Waals surface area contributed by atoms with Crippen molar-refractivity contribution in [1.82, 2.24) is 14.9 Å². The number of aryl methyl sites for hydroxylation is 1. The van der Waals surface area contributed by atoms with E-state index >= 15 is 0 Å². The maximum atomic E-state index is 13.1. The molecule has 0 atom stereocenters. The molecule has 1 aromatic heterocycles. The molecule has 0 bridgehead atoms. The van der Waals surface area contributed by atoms with Crippen LogP contribution in [0.2, 0.25) is 0 Å². The summed E-state index contributed by atoms with van der Waals surface area (Å²) in [5.41, 5.74) is 3.84. The van der Waals surface area contributed by atoms with Crippen LogP contribution in [0.3, 0.4) is 0 Å². The van der Waals surface area contributed by atoms with E-state index in [0.717, 1.165) is 57.0 Å². The summed E-state index contributed by atoms with van der Waals surface area (Å²) in [5.74, 6) is 2.52. The Labute approximate surface area is 188 Å². The molecule has 2 aromatic carbocycles. The molecule has 6 nitrogen and oxygen atoms in total. The van der Waals surface area contributed by atoms with Gasteiger partial charge in [0.05, 0.1) is 0 Å². The first kappa shape index (κ1) is 20.5. The van der Waals surface area contributed by atoms with Gasteiger partial charge in [-0.15, -0.1) is 0 Å². The molecule has 1 saturated heterocycles. The van der Waals surface area contributed by atoms with Crippen LogP contribution < -0.4 is 9.64 Å². The smallest absolute Gasteiger partial charge is 0.226 e. The van der Waals surface area contributed by atoms with Crippen molar-refractivity contribution in [2.24, 2.45) is 5.92 Å². The number of hydrogen-bond donors (Lipinski definition) is 0. The number of hydrogen-bond acceptors (Lipinski definition) is 5. The number of nitrogens with zero attached hydrogens (tertiary/aromatic N) is 4. The number of amides is 1. The molecule has 0 spiro atoms. The van der Waals surface area contributed by atoms with Crippen LogP contribution in [0.1, 0.15) is 29.5 Å². The molecule has 1 fully saturated rings. The van der Waals surface area contributed by atoms with Crippen molar-refractivity contribution >= 4 is 11.7 Å². The van der Waals surface area contributed by atoms with Crippen LogP contribution in [-0.4, -0.2) is 40.4 Å². The molecule has 0 radical (unpaired) electrons. The number of fused-ring (bicyclic) bond motifs is 1. The van der Waals surface area contributed by atoms with Gasteiger partial charge in [-0.25, -0.2) is 9.97 Å². The molecule has 164 valence electrons. The lowest BCUT2D eigenvalue weighted by atomic mass is 9.93. The van der Waals surface area contributed by atoms with Crippen LogP contribution in [0, 0.1) is 12.8 Å². The van der Waals surface area contributed by atoms with E-state index in [1.165, 1.54) is 16.7 Å². The number of aromatic nitrogens is 2. The molecule has 6 heteroatoms. The van der Waals surface area contributed by atoms with Gasteiger partial charge < -0.3 is 14.5 Å². The number of ether oxygens (including phenoxy) is 1. The summed E-state index contributed by atoms with van der Waals surface area (Å²) < 4.78 is 5.89. The molecular weight excluding hydrogens is 400 g/mol. The Morgan fingerprint density at radius 3 is 2.50 bits per heavy atom. The number of carbonyl (C=O) groups is 1. The minimum Gasteiger partial charge on any atom is -0.439 e. The van der Waals surface area contributed by atoms with Gasteiger partial charge in [-0.1, -0.05) is 42.0 Å². The first-order valence-electron chi connectivity index (χ1n) is 11.3. The van der Waals surface area contributed by atoms with Gasteiger partial charge in [0.25, 0.3) is 0 Å². The molecule has 32 heavy (non-hydrogen) atoms. The van der Waals surface area contributed by atoms with Crippen LogP contribution in [-0.2, 0) is 17.8 Å². The summed E-state index contributed by atoms with van der Waals surface area (Å²) in [6.45, 7) is 5.22. The maximum absolute atomic E-state index is 13.1. The minimum absolute atomic E-state index is 0.0848. The second kappa shape index (κ2) is 8.99. The Morgan fingerprint density at radius 2 is 1.72 bits per heavy atom. The van der Waals surface area contributed by atoms with Gasteiger partial charge in [-0.05, 0) is 49.4 Å². The third-order valence-electron chi connectivity index (χ3n) is 6.48. The molecule has 3 aromatic rings. The van der Waals surface area contributed by atoms with Gasteiger partial charge in [-0.2, -0.15) is 0 Å². The number of benzene rings is 2. The lowest BCUT2D eigenvalue weighted by molar-refractivity contribution is -0.137. The van der Waals surface area contributed by atoms with Gasteiger partial charge in [0.1, 0.15) is 17.9 Å². The molecule has 0 N–H and O–H groups in total. The van der Waals surface area contributed by atoms with Crippen LogP contribution in [0.4, 0.5) is 5.82 Å². The average molecular weight is 429 g/mol. The van der Waals surface area contributed by atoms with E-state index in [1.54, 1.807) is 6.33 Å². The summed E-state index contributed by atoms with van der Waals surface area (Å²) >= 11 is 0. The Balaban J connectivity index is 1.19. The Kier molecular flexibility index (Phi) is 5.75. The van der Waals surface area contributed by atoms with E-state index in [4.69, 9.17) is 4.74 Å². The third kappa shape index (κ3) is 4.44. The summed E-state index contributed by atoms with van der Waals surface area (Å²) in [7, 11) is 0. The molecule has 0 saturated carbocycles. The van der Waals surface area contributed by atoms with E-state index in [0.29, 0.717) is 11.8 Å². The van der Waals surface area contributed by atoms with Gasteiger partial charge in [0.15, 0.2) is 0 Å². The first-order chi connectivity index (χ1) is 15.7. The van der Waals surface area contributed by atoms with E-state index in [-0.39, 0.29) is 5.92 Å². The van der Waals surface area contributed by atoms with Crippen LogP contribution in [0.5, 0.6) is 11.6 Å². The summed E-state index contributed by atoms with van der Waals surface area (Å²) in [6.07, 6.45) is 4.18. The van der Waals surface area contributed by atoms with Crippen molar-refractivity contribution in [2.75, 3.05) is 24.5 Å². The Hall–Kier alpha value is -3.41. The average Bonchev–Trinajstić information content (AvgIpc) is 2.85. The molecule has 0 aliphatic carbocycles.